The first-order chi connectivity index (χ1) is 7.90. The topological polar surface area (TPSA) is 75.3 Å². The summed E-state index contributed by atoms with van der Waals surface area (Å²) in [7, 11) is -2.97. The summed E-state index contributed by atoms with van der Waals surface area (Å²) in [6, 6.07) is -0.149. The van der Waals surface area contributed by atoms with Gasteiger partial charge in [-0.05, 0) is 32.7 Å². The van der Waals surface area contributed by atoms with Gasteiger partial charge in [-0.25, -0.2) is 8.42 Å². The zero-order valence-corrected chi connectivity index (χ0v) is 11.0. The lowest BCUT2D eigenvalue weighted by molar-refractivity contribution is -0.125. The Balaban J connectivity index is 1.94. The summed E-state index contributed by atoms with van der Waals surface area (Å²) in [6.45, 7) is 2.69. The van der Waals surface area contributed by atoms with Crippen LogP contribution in [0.25, 0.3) is 0 Å². The van der Waals surface area contributed by atoms with Crippen LogP contribution in [0.15, 0.2) is 0 Å². The largest absolute Gasteiger partial charge is 0.349 e. The van der Waals surface area contributed by atoms with Crippen molar-refractivity contribution in [3.63, 3.8) is 0 Å². The summed E-state index contributed by atoms with van der Waals surface area (Å²) in [6.07, 6.45) is 3.53. The molecular formula is C11H20N2O3S. The van der Waals surface area contributed by atoms with E-state index in [0.717, 1.165) is 25.8 Å². The van der Waals surface area contributed by atoms with Gasteiger partial charge in [-0.1, -0.05) is 6.42 Å². The van der Waals surface area contributed by atoms with Crippen LogP contribution in [0.1, 0.15) is 32.6 Å². The molecule has 2 aliphatic heterocycles. The summed E-state index contributed by atoms with van der Waals surface area (Å²) in [4.78, 5) is 12.0. The Morgan fingerprint density at radius 1 is 1.41 bits per heavy atom. The Morgan fingerprint density at radius 2 is 2.18 bits per heavy atom. The van der Waals surface area contributed by atoms with E-state index >= 15 is 0 Å². The quantitative estimate of drug-likeness (QED) is 0.722. The van der Waals surface area contributed by atoms with E-state index in [1.807, 2.05) is 6.92 Å². The molecule has 1 amide bonds. The molecule has 0 aromatic rings. The average molecular weight is 260 g/mol. The molecule has 0 aliphatic carbocycles. The van der Waals surface area contributed by atoms with E-state index < -0.39 is 15.4 Å². The highest BCUT2D eigenvalue weighted by Gasteiger charge is 2.40. The monoisotopic (exact) mass is 260 g/mol. The second-order valence-corrected chi connectivity index (χ2v) is 7.58. The minimum atomic E-state index is -2.97. The molecule has 2 atom stereocenters. The van der Waals surface area contributed by atoms with Crippen LogP contribution in [0.4, 0.5) is 0 Å². The molecule has 2 fully saturated rings. The predicted molar refractivity (Wildman–Crippen MR) is 65.5 cm³/mol. The maximum absolute atomic E-state index is 12.0. The van der Waals surface area contributed by atoms with Crippen LogP contribution in [0.2, 0.25) is 0 Å². The van der Waals surface area contributed by atoms with Crippen LogP contribution in [0.3, 0.4) is 0 Å². The number of amides is 1. The van der Waals surface area contributed by atoms with E-state index in [1.165, 1.54) is 0 Å². The third-order valence-electron chi connectivity index (χ3n) is 3.56. The fourth-order valence-corrected chi connectivity index (χ4v) is 4.66. The van der Waals surface area contributed by atoms with Gasteiger partial charge in [-0.3, -0.25) is 4.79 Å². The number of hydrogen-bond donors (Lipinski definition) is 2. The van der Waals surface area contributed by atoms with Gasteiger partial charge in [0.25, 0.3) is 0 Å². The second kappa shape index (κ2) is 4.57. The van der Waals surface area contributed by atoms with Crippen molar-refractivity contribution in [2.24, 2.45) is 0 Å². The molecule has 0 bridgehead atoms. The molecule has 2 N–H and O–H groups in total. The van der Waals surface area contributed by atoms with Crippen LogP contribution >= 0.6 is 0 Å². The normalized spacial score (nSPS) is 36.6. The van der Waals surface area contributed by atoms with Crippen LogP contribution in [-0.2, 0) is 14.6 Å². The average Bonchev–Trinajstić information content (AvgIpc) is 2.54. The first-order valence-electron chi connectivity index (χ1n) is 6.16. The van der Waals surface area contributed by atoms with Gasteiger partial charge >= 0.3 is 0 Å². The van der Waals surface area contributed by atoms with Crippen molar-refractivity contribution in [2.45, 2.75) is 44.2 Å². The SMILES string of the molecule is CC1(NC(=O)[C@H]2CCCCN2)CCS(=O)(=O)C1. The fourth-order valence-electron chi connectivity index (χ4n) is 2.57. The van der Waals surface area contributed by atoms with E-state index in [0.29, 0.717) is 6.42 Å². The summed E-state index contributed by atoms with van der Waals surface area (Å²) >= 11 is 0. The van der Waals surface area contributed by atoms with Crippen molar-refractivity contribution in [2.75, 3.05) is 18.1 Å². The third-order valence-corrected chi connectivity index (χ3v) is 5.46. The Labute approximate surface area is 102 Å². The summed E-state index contributed by atoms with van der Waals surface area (Å²) < 4.78 is 22.9. The van der Waals surface area contributed by atoms with Gasteiger partial charge in [-0.15, -0.1) is 0 Å². The lowest BCUT2D eigenvalue weighted by atomic mass is 9.99. The Kier molecular flexibility index (Phi) is 3.45. The first kappa shape index (κ1) is 12.8. The standard InChI is InChI=1S/C11H20N2O3S/c1-11(5-7-17(15,16)8-11)13-10(14)9-4-2-3-6-12-9/h9,12H,2-8H2,1H3,(H,13,14)/t9-,11?/m1/s1. The van der Waals surface area contributed by atoms with Gasteiger partial charge in [0, 0.05) is 0 Å². The van der Waals surface area contributed by atoms with Gasteiger partial charge < -0.3 is 10.6 Å². The summed E-state index contributed by atoms with van der Waals surface area (Å²) in [5.74, 6) is 0.199. The minimum absolute atomic E-state index is 0.0516. The number of piperidine rings is 1. The lowest BCUT2D eigenvalue weighted by Gasteiger charge is -2.29. The maximum Gasteiger partial charge on any atom is 0.237 e. The number of nitrogens with one attached hydrogen (secondary N) is 2. The molecule has 0 aromatic carbocycles. The van der Waals surface area contributed by atoms with Crippen molar-refractivity contribution >= 4 is 15.7 Å². The van der Waals surface area contributed by atoms with Gasteiger partial charge in [0.1, 0.15) is 0 Å². The summed E-state index contributed by atoms with van der Waals surface area (Å²) in [5.41, 5.74) is -0.574. The van der Waals surface area contributed by atoms with Crippen LogP contribution < -0.4 is 10.6 Å². The van der Waals surface area contributed by atoms with E-state index in [1.54, 1.807) is 0 Å². The molecule has 6 heteroatoms. The molecule has 0 saturated carbocycles. The molecule has 1 unspecified atom stereocenters. The van der Waals surface area contributed by atoms with Gasteiger partial charge in [0.2, 0.25) is 5.91 Å². The highest BCUT2D eigenvalue weighted by molar-refractivity contribution is 7.91. The molecule has 17 heavy (non-hydrogen) atoms. The van der Waals surface area contributed by atoms with Crippen molar-refractivity contribution in [3.8, 4) is 0 Å². The predicted octanol–water partition coefficient (Wildman–Crippen LogP) is -0.178. The number of carbonyl (C=O) groups excluding carboxylic acids is 1. The molecule has 2 heterocycles. The highest BCUT2D eigenvalue weighted by atomic mass is 32.2. The van der Waals surface area contributed by atoms with Crippen LogP contribution in [-0.4, -0.2) is 44.0 Å². The van der Waals surface area contributed by atoms with E-state index in [4.69, 9.17) is 0 Å². The Hall–Kier alpha value is -0.620. The number of carbonyl (C=O) groups is 1. The van der Waals surface area contributed by atoms with Gasteiger partial charge in [-0.2, -0.15) is 0 Å². The van der Waals surface area contributed by atoms with E-state index in [-0.39, 0.29) is 23.5 Å². The molecule has 2 rings (SSSR count). The molecule has 5 nitrogen and oxygen atoms in total. The smallest absolute Gasteiger partial charge is 0.237 e. The number of hydrogen-bond acceptors (Lipinski definition) is 4. The number of sulfone groups is 1. The Morgan fingerprint density at radius 3 is 2.71 bits per heavy atom. The molecule has 0 radical (unpaired) electrons. The zero-order chi connectivity index (χ0) is 12.5. The van der Waals surface area contributed by atoms with Gasteiger partial charge in [0.05, 0.1) is 23.1 Å². The summed E-state index contributed by atoms with van der Waals surface area (Å²) in [5, 5.41) is 6.07. The zero-order valence-electron chi connectivity index (χ0n) is 10.2. The molecule has 0 aromatic heterocycles. The molecular weight excluding hydrogens is 240 g/mol. The van der Waals surface area contributed by atoms with Crippen molar-refractivity contribution in [3.05, 3.63) is 0 Å². The van der Waals surface area contributed by atoms with Crippen molar-refractivity contribution < 1.29 is 13.2 Å². The molecule has 98 valence electrons. The molecule has 2 aliphatic rings. The molecule has 0 spiro atoms. The first-order valence-corrected chi connectivity index (χ1v) is 7.98. The highest BCUT2D eigenvalue weighted by Crippen LogP contribution is 2.23. The van der Waals surface area contributed by atoms with E-state index in [2.05, 4.69) is 10.6 Å². The van der Waals surface area contributed by atoms with Crippen molar-refractivity contribution in [1.29, 1.82) is 0 Å². The lowest BCUT2D eigenvalue weighted by Crippen LogP contribution is -2.54. The van der Waals surface area contributed by atoms with Crippen molar-refractivity contribution in [1.82, 2.24) is 10.6 Å². The Bertz CT molecular complexity index is 401. The second-order valence-electron chi connectivity index (χ2n) is 5.39. The molecule has 2 saturated heterocycles. The maximum atomic E-state index is 12.0. The minimum Gasteiger partial charge on any atom is -0.349 e. The third kappa shape index (κ3) is 3.19. The fraction of sp³-hybridized carbons (Fsp3) is 0.909. The van der Waals surface area contributed by atoms with Crippen LogP contribution in [0.5, 0.6) is 0 Å². The van der Waals surface area contributed by atoms with Crippen LogP contribution in [0, 0.1) is 0 Å². The van der Waals surface area contributed by atoms with E-state index in [9.17, 15) is 13.2 Å². The van der Waals surface area contributed by atoms with Gasteiger partial charge in [0.15, 0.2) is 9.84 Å². The number of rotatable bonds is 2.